The molecule has 0 heterocycles. The Bertz CT molecular complexity index is 903. The van der Waals surface area contributed by atoms with E-state index in [1.54, 1.807) is 18.2 Å². The molecule has 0 unspecified atom stereocenters. The second-order valence-electron chi connectivity index (χ2n) is 5.86. The van der Waals surface area contributed by atoms with Crippen LogP contribution in [0.2, 0.25) is 0 Å². The van der Waals surface area contributed by atoms with Crippen LogP contribution < -0.4 is 9.47 Å². The number of hydrogen-bond acceptors (Lipinski definition) is 5. The molecule has 2 rings (SSSR count). The van der Waals surface area contributed by atoms with Gasteiger partial charge in [0.05, 0.1) is 12.7 Å². The van der Waals surface area contributed by atoms with Crippen LogP contribution in [0.4, 0.5) is 13.2 Å². The maximum atomic E-state index is 12.7. The number of benzene rings is 2. The zero-order chi connectivity index (χ0) is 21.4. The van der Waals surface area contributed by atoms with Gasteiger partial charge < -0.3 is 14.2 Å². The molecule has 0 bridgehead atoms. The van der Waals surface area contributed by atoms with Crippen LogP contribution in [0.15, 0.2) is 48.5 Å². The molecule has 0 N–H and O–H groups in total. The third-order valence-electron chi connectivity index (χ3n) is 3.77. The molecule has 2 aromatic carbocycles. The van der Waals surface area contributed by atoms with E-state index >= 15 is 0 Å². The van der Waals surface area contributed by atoms with Gasteiger partial charge in [0.2, 0.25) is 0 Å². The summed E-state index contributed by atoms with van der Waals surface area (Å²) in [5.74, 6) is -0.877. The van der Waals surface area contributed by atoms with Crippen molar-refractivity contribution in [2.24, 2.45) is 0 Å². The van der Waals surface area contributed by atoms with Crippen LogP contribution in [-0.2, 0) is 15.7 Å². The molecule has 0 saturated heterocycles. The Morgan fingerprint density at radius 1 is 1.03 bits per heavy atom. The molecule has 0 fully saturated rings. The molecule has 0 aromatic heterocycles. The number of carbonyl (C=O) groups excluding carboxylic acids is 2. The van der Waals surface area contributed by atoms with Gasteiger partial charge in [-0.15, -0.1) is 0 Å². The van der Waals surface area contributed by atoms with Crippen LogP contribution in [0.1, 0.15) is 28.4 Å². The van der Waals surface area contributed by atoms with E-state index in [0.29, 0.717) is 17.6 Å². The lowest BCUT2D eigenvalue weighted by Crippen LogP contribution is -2.20. The van der Waals surface area contributed by atoms with Crippen molar-refractivity contribution in [3.8, 4) is 11.5 Å². The normalized spacial score (nSPS) is 11.3. The lowest BCUT2D eigenvalue weighted by molar-refractivity contribution is -0.145. The first-order valence-corrected chi connectivity index (χ1v) is 8.54. The van der Waals surface area contributed by atoms with E-state index in [4.69, 9.17) is 14.2 Å². The van der Waals surface area contributed by atoms with Crippen molar-refractivity contribution in [1.82, 2.24) is 0 Å². The minimum absolute atomic E-state index is 0.199. The predicted molar refractivity (Wildman–Crippen MR) is 99.9 cm³/mol. The molecule has 8 heteroatoms. The Morgan fingerprint density at radius 2 is 1.79 bits per heavy atom. The van der Waals surface area contributed by atoms with Crippen LogP contribution in [0.5, 0.6) is 11.5 Å². The van der Waals surface area contributed by atoms with Crippen molar-refractivity contribution in [3.63, 3.8) is 0 Å². The number of ether oxygens (including phenoxy) is 3. The number of allylic oxidation sites excluding steroid dienone is 1. The highest BCUT2D eigenvalue weighted by atomic mass is 19.4. The second kappa shape index (κ2) is 9.77. The van der Waals surface area contributed by atoms with E-state index in [-0.39, 0.29) is 5.56 Å². The number of alkyl halides is 3. The fraction of sp³-hybridized carbons (Fsp3) is 0.238. The van der Waals surface area contributed by atoms with E-state index < -0.39 is 36.7 Å². The van der Waals surface area contributed by atoms with E-state index in [2.05, 4.69) is 0 Å². The lowest BCUT2D eigenvalue weighted by Gasteiger charge is -2.11. The van der Waals surface area contributed by atoms with Gasteiger partial charge in [-0.1, -0.05) is 30.4 Å². The topological polar surface area (TPSA) is 61.8 Å². The molecular formula is C21H19F3O5. The molecule has 0 amide bonds. The summed E-state index contributed by atoms with van der Waals surface area (Å²) in [5.41, 5.74) is -0.271. The van der Waals surface area contributed by atoms with Gasteiger partial charge in [0.1, 0.15) is 0 Å². The molecule has 0 saturated carbocycles. The number of ketones is 1. The SMILES string of the molecule is C/C=C/c1ccc(OCC(=O)OCC(=O)c2cccc(C(F)(F)F)c2)c(OC)c1. The Hall–Kier alpha value is -3.29. The standard InChI is InChI=1S/C21H19F3O5/c1-3-5-14-8-9-18(19(10-14)27-2)28-13-20(26)29-12-17(25)15-6-4-7-16(11-15)21(22,23)24/h3-11H,12-13H2,1-2H3/b5-3+. The van der Waals surface area contributed by atoms with E-state index in [0.717, 1.165) is 17.7 Å². The fourth-order valence-electron chi connectivity index (χ4n) is 2.38. The van der Waals surface area contributed by atoms with Crippen molar-refractivity contribution in [2.45, 2.75) is 13.1 Å². The van der Waals surface area contributed by atoms with Gasteiger partial charge in [0.15, 0.2) is 30.5 Å². The molecule has 0 aliphatic heterocycles. The summed E-state index contributed by atoms with van der Waals surface area (Å²) in [6, 6.07) is 9.01. The van der Waals surface area contributed by atoms with Crippen molar-refractivity contribution >= 4 is 17.8 Å². The Kier molecular flexibility index (Phi) is 7.41. The number of carbonyl (C=O) groups is 2. The first-order chi connectivity index (χ1) is 13.7. The van der Waals surface area contributed by atoms with Crippen LogP contribution in [0.25, 0.3) is 6.08 Å². The van der Waals surface area contributed by atoms with Crippen LogP contribution in [0, 0.1) is 0 Å². The van der Waals surface area contributed by atoms with Crippen molar-refractivity contribution < 1.29 is 37.0 Å². The Morgan fingerprint density at radius 3 is 2.45 bits per heavy atom. The Balaban J connectivity index is 1.91. The predicted octanol–water partition coefficient (Wildman–Crippen LogP) is 4.55. The van der Waals surface area contributed by atoms with Crippen LogP contribution in [-0.4, -0.2) is 32.1 Å². The number of Topliss-reactive ketones (excluding diaryl/α,β-unsaturated/α-hetero) is 1. The average Bonchev–Trinajstić information content (AvgIpc) is 2.70. The van der Waals surface area contributed by atoms with Crippen LogP contribution >= 0.6 is 0 Å². The summed E-state index contributed by atoms with van der Waals surface area (Å²) in [7, 11) is 1.45. The number of halogens is 3. The summed E-state index contributed by atoms with van der Waals surface area (Å²) in [4.78, 5) is 23.8. The lowest BCUT2D eigenvalue weighted by atomic mass is 10.1. The van der Waals surface area contributed by atoms with E-state index in [9.17, 15) is 22.8 Å². The fourth-order valence-corrected chi connectivity index (χ4v) is 2.38. The van der Waals surface area contributed by atoms with Gasteiger partial charge in [-0.3, -0.25) is 4.79 Å². The molecule has 5 nitrogen and oxygen atoms in total. The Labute approximate surface area is 165 Å². The largest absolute Gasteiger partial charge is 0.493 e. The summed E-state index contributed by atoms with van der Waals surface area (Å²) < 4.78 is 53.5. The van der Waals surface area contributed by atoms with Crippen molar-refractivity contribution in [3.05, 3.63) is 65.2 Å². The highest BCUT2D eigenvalue weighted by Crippen LogP contribution is 2.30. The summed E-state index contributed by atoms with van der Waals surface area (Å²) in [5, 5.41) is 0. The van der Waals surface area contributed by atoms with Gasteiger partial charge in [0, 0.05) is 5.56 Å². The molecule has 0 atom stereocenters. The zero-order valence-corrected chi connectivity index (χ0v) is 15.8. The summed E-state index contributed by atoms with van der Waals surface area (Å²) in [6.45, 7) is 0.684. The van der Waals surface area contributed by atoms with Gasteiger partial charge >= 0.3 is 12.1 Å². The third kappa shape index (κ3) is 6.38. The molecule has 2 aromatic rings. The first-order valence-electron chi connectivity index (χ1n) is 8.54. The molecule has 0 aliphatic rings. The highest BCUT2D eigenvalue weighted by Gasteiger charge is 2.30. The summed E-state index contributed by atoms with van der Waals surface area (Å²) >= 11 is 0. The monoisotopic (exact) mass is 408 g/mol. The van der Waals surface area contributed by atoms with E-state index in [1.807, 2.05) is 19.1 Å². The number of esters is 1. The number of rotatable bonds is 8. The van der Waals surface area contributed by atoms with Gasteiger partial charge in [-0.2, -0.15) is 13.2 Å². The molecule has 0 spiro atoms. The quantitative estimate of drug-likeness (QED) is 0.474. The smallest absolute Gasteiger partial charge is 0.416 e. The van der Waals surface area contributed by atoms with Gasteiger partial charge in [-0.25, -0.2) is 4.79 Å². The van der Waals surface area contributed by atoms with Gasteiger partial charge in [-0.05, 0) is 36.8 Å². The molecule has 154 valence electrons. The first kappa shape index (κ1) is 22.0. The average molecular weight is 408 g/mol. The third-order valence-corrected chi connectivity index (χ3v) is 3.77. The van der Waals surface area contributed by atoms with Gasteiger partial charge in [0.25, 0.3) is 0 Å². The van der Waals surface area contributed by atoms with E-state index in [1.165, 1.54) is 13.2 Å². The molecule has 29 heavy (non-hydrogen) atoms. The molecular weight excluding hydrogens is 389 g/mol. The maximum absolute atomic E-state index is 12.7. The minimum atomic E-state index is -4.57. The number of hydrogen-bond donors (Lipinski definition) is 0. The highest BCUT2D eigenvalue weighted by molar-refractivity contribution is 5.98. The van der Waals surface area contributed by atoms with Crippen LogP contribution in [0.3, 0.4) is 0 Å². The maximum Gasteiger partial charge on any atom is 0.416 e. The number of methoxy groups -OCH3 is 1. The van der Waals surface area contributed by atoms with Crippen molar-refractivity contribution in [2.75, 3.05) is 20.3 Å². The minimum Gasteiger partial charge on any atom is -0.493 e. The van der Waals surface area contributed by atoms with Crippen molar-refractivity contribution in [1.29, 1.82) is 0 Å². The second-order valence-corrected chi connectivity index (χ2v) is 5.86. The molecule has 0 radical (unpaired) electrons. The summed E-state index contributed by atoms with van der Waals surface area (Å²) in [6.07, 6.45) is -0.851. The molecule has 0 aliphatic carbocycles. The zero-order valence-electron chi connectivity index (χ0n) is 15.8.